The molecule has 1 unspecified atom stereocenters. The number of hydrogen-bond donors (Lipinski definition) is 1. The number of amides is 1. The number of nitrogens with one attached hydrogen (secondary N) is 1. The summed E-state index contributed by atoms with van der Waals surface area (Å²) in [6.07, 6.45) is 0.844. The average Bonchev–Trinajstić information content (AvgIpc) is 2.82. The number of rotatable bonds is 5. The van der Waals surface area contributed by atoms with Crippen LogP contribution in [0.1, 0.15) is 36.4 Å². The molecule has 1 aromatic rings. The van der Waals surface area contributed by atoms with Gasteiger partial charge in [-0.15, -0.1) is 11.3 Å². The Morgan fingerprint density at radius 2 is 2.24 bits per heavy atom. The maximum Gasteiger partial charge on any atom is 0.307 e. The summed E-state index contributed by atoms with van der Waals surface area (Å²) in [4.78, 5) is 23.8. The fourth-order valence-corrected chi connectivity index (χ4v) is 2.01. The Morgan fingerprint density at radius 1 is 1.53 bits per heavy atom. The highest BCUT2D eigenvalue weighted by atomic mass is 32.1. The first kappa shape index (κ1) is 13.7. The molecule has 94 valence electrons. The largest absolute Gasteiger partial charge is 0.469 e. The maximum atomic E-state index is 11.9. The molecular formula is C12H17NO3S. The monoisotopic (exact) mass is 255 g/mol. The van der Waals surface area contributed by atoms with Gasteiger partial charge in [0, 0.05) is 5.54 Å². The Bertz CT molecular complexity index is 388. The van der Waals surface area contributed by atoms with Gasteiger partial charge in [-0.25, -0.2) is 0 Å². The third-order valence-corrected chi connectivity index (χ3v) is 3.57. The molecule has 0 aliphatic carbocycles. The molecule has 0 aliphatic heterocycles. The molecule has 0 aliphatic rings. The van der Waals surface area contributed by atoms with Crippen molar-refractivity contribution in [3.63, 3.8) is 0 Å². The van der Waals surface area contributed by atoms with E-state index >= 15 is 0 Å². The van der Waals surface area contributed by atoms with E-state index in [0.29, 0.717) is 11.3 Å². The van der Waals surface area contributed by atoms with E-state index in [1.807, 2.05) is 25.3 Å². The molecule has 5 heteroatoms. The molecule has 17 heavy (non-hydrogen) atoms. The van der Waals surface area contributed by atoms with Crippen molar-refractivity contribution >= 4 is 23.2 Å². The molecule has 1 atom stereocenters. The Morgan fingerprint density at radius 3 is 2.71 bits per heavy atom. The van der Waals surface area contributed by atoms with E-state index in [4.69, 9.17) is 0 Å². The van der Waals surface area contributed by atoms with Crippen LogP contribution in [0.3, 0.4) is 0 Å². The zero-order valence-electron chi connectivity index (χ0n) is 10.3. The smallest absolute Gasteiger partial charge is 0.307 e. The third-order valence-electron chi connectivity index (χ3n) is 2.70. The van der Waals surface area contributed by atoms with Crippen LogP contribution in [0, 0.1) is 0 Å². The summed E-state index contributed by atoms with van der Waals surface area (Å²) in [6, 6.07) is 3.58. The molecule has 0 radical (unpaired) electrons. The van der Waals surface area contributed by atoms with Gasteiger partial charge in [0.2, 0.25) is 0 Å². The Kier molecular flexibility index (Phi) is 4.69. The van der Waals surface area contributed by atoms with Gasteiger partial charge in [0.25, 0.3) is 5.91 Å². The summed E-state index contributed by atoms with van der Waals surface area (Å²) in [6.45, 7) is 3.77. The zero-order chi connectivity index (χ0) is 12.9. The van der Waals surface area contributed by atoms with Gasteiger partial charge < -0.3 is 10.1 Å². The van der Waals surface area contributed by atoms with Gasteiger partial charge in [0.15, 0.2) is 0 Å². The molecule has 1 aromatic heterocycles. The fraction of sp³-hybridized carbons (Fsp3) is 0.500. The summed E-state index contributed by atoms with van der Waals surface area (Å²) in [7, 11) is 1.35. The van der Waals surface area contributed by atoms with Gasteiger partial charge in [-0.3, -0.25) is 9.59 Å². The Labute approximate surface area is 105 Å². The van der Waals surface area contributed by atoms with Gasteiger partial charge in [-0.2, -0.15) is 0 Å². The Balaban J connectivity index is 2.68. The van der Waals surface area contributed by atoms with Gasteiger partial charge in [0.1, 0.15) is 0 Å². The molecule has 0 aromatic carbocycles. The van der Waals surface area contributed by atoms with E-state index < -0.39 is 5.54 Å². The highest BCUT2D eigenvalue weighted by Crippen LogP contribution is 2.17. The van der Waals surface area contributed by atoms with Crippen LogP contribution in [0.15, 0.2) is 17.5 Å². The molecule has 1 heterocycles. The highest BCUT2D eigenvalue weighted by molar-refractivity contribution is 7.12. The predicted octanol–water partition coefficient (Wildman–Crippen LogP) is 2.21. The molecule has 0 saturated carbocycles. The van der Waals surface area contributed by atoms with Gasteiger partial charge >= 0.3 is 5.97 Å². The van der Waals surface area contributed by atoms with E-state index in [-0.39, 0.29) is 18.3 Å². The normalized spacial score (nSPS) is 13.8. The molecule has 1 amide bonds. The van der Waals surface area contributed by atoms with Crippen molar-refractivity contribution in [3.8, 4) is 0 Å². The van der Waals surface area contributed by atoms with Crippen LogP contribution in [0.2, 0.25) is 0 Å². The molecule has 0 saturated heterocycles. The van der Waals surface area contributed by atoms with E-state index in [9.17, 15) is 9.59 Å². The lowest BCUT2D eigenvalue weighted by Gasteiger charge is -2.28. The van der Waals surface area contributed by atoms with Crippen molar-refractivity contribution in [3.05, 3.63) is 22.4 Å². The van der Waals surface area contributed by atoms with Crippen molar-refractivity contribution in [1.29, 1.82) is 0 Å². The topological polar surface area (TPSA) is 55.4 Å². The summed E-state index contributed by atoms with van der Waals surface area (Å²) >= 11 is 1.38. The summed E-state index contributed by atoms with van der Waals surface area (Å²) in [5, 5.41) is 4.73. The van der Waals surface area contributed by atoms with Crippen molar-refractivity contribution in [2.75, 3.05) is 7.11 Å². The van der Waals surface area contributed by atoms with Crippen LogP contribution in [-0.2, 0) is 9.53 Å². The SMILES string of the molecule is CCC(C)(CC(=O)OC)NC(=O)c1cccs1. The average molecular weight is 255 g/mol. The number of methoxy groups -OCH3 is 1. The summed E-state index contributed by atoms with van der Waals surface area (Å²) in [5.74, 6) is -0.464. The zero-order valence-corrected chi connectivity index (χ0v) is 11.1. The predicted molar refractivity (Wildman–Crippen MR) is 67.1 cm³/mol. The number of hydrogen-bond acceptors (Lipinski definition) is 4. The molecular weight excluding hydrogens is 238 g/mol. The fourth-order valence-electron chi connectivity index (χ4n) is 1.39. The summed E-state index contributed by atoms with van der Waals surface area (Å²) < 4.78 is 4.63. The van der Waals surface area contributed by atoms with E-state index in [2.05, 4.69) is 10.1 Å². The van der Waals surface area contributed by atoms with E-state index in [1.165, 1.54) is 18.4 Å². The van der Waals surface area contributed by atoms with Crippen molar-refractivity contribution in [1.82, 2.24) is 5.32 Å². The van der Waals surface area contributed by atoms with Gasteiger partial charge in [-0.05, 0) is 24.8 Å². The van der Waals surface area contributed by atoms with Gasteiger partial charge in [-0.1, -0.05) is 13.0 Å². The molecule has 0 spiro atoms. The lowest BCUT2D eigenvalue weighted by molar-refractivity contribution is -0.142. The lowest BCUT2D eigenvalue weighted by atomic mass is 9.94. The first-order valence-electron chi connectivity index (χ1n) is 5.43. The first-order valence-corrected chi connectivity index (χ1v) is 6.31. The second-order valence-corrected chi connectivity index (χ2v) is 5.05. The number of ether oxygens (including phenoxy) is 1. The van der Waals surface area contributed by atoms with Crippen LogP contribution in [-0.4, -0.2) is 24.5 Å². The van der Waals surface area contributed by atoms with E-state index in [1.54, 1.807) is 6.07 Å². The number of carbonyl (C=O) groups excluding carboxylic acids is 2. The first-order chi connectivity index (χ1) is 8.00. The standard InChI is InChI=1S/C12H17NO3S/c1-4-12(2,8-10(14)16-3)13-11(15)9-6-5-7-17-9/h5-7H,4,8H2,1-3H3,(H,13,15). The number of thiophene rings is 1. The minimum Gasteiger partial charge on any atom is -0.469 e. The van der Waals surface area contributed by atoms with E-state index in [0.717, 1.165) is 0 Å². The second kappa shape index (κ2) is 5.82. The summed E-state index contributed by atoms with van der Waals surface area (Å²) in [5.41, 5.74) is -0.561. The third kappa shape index (κ3) is 3.85. The van der Waals surface area contributed by atoms with Crippen molar-refractivity contribution in [2.24, 2.45) is 0 Å². The highest BCUT2D eigenvalue weighted by Gasteiger charge is 2.28. The van der Waals surface area contributed by atoms with Crippen LogP contribution >= 0.6 is 11.3 Å². The van der Waals surface area contributed by atoms with Crippen LogP contribution in [0.4, 0.5) is 0 Å². The number of carbonyl (C=O) groups is 2. The number of esters is 1. The van der Waals surface area contributed by atoms with Crippen molar-refractivity contribution < 1.29 is 14.3 Å². The van der Waals surface area contributed by atoms with Crippen LogP contribution in [0.25, 0.3) is 0 Å². The van der Waals surface area contributed by atoms with Crippen LogP contribution < -0.4 is 5.32 Å². The van der Waals surface area contributed by atoms with Crippen molar-refractivity contribution in [2.45, 2.75) is 32.2 Å². The Hall–Kier alpha value is -1.36. The minimum absolute atomic E-state index is 0.145. The molecule has 4 nitrogen and oxygen atoms in total. The maximum absolute atomic E-state index is 11.9. The van der Waals surface area contributed by atoms with Gasteiger partial charge in [0.05, 0.1) is 18.4 Å². The molecule has 1 N–H and O–H groups in total. The second-order valence-electron chi connectivity index (χ2n) is 4.10. The quantitative estimate of drug-likeness (QED) is 0.821. The minimum atomic E-state index is -0.561. The molecule has 1 rings (SSSR count). The lowest BCUT2D eigenvalue weighted by Crippen LogP contribution is -2.47. The molecule has 0 bridgehead atoms. The van der Waals surface area contributed by atoms with Crippen LogP contribution in [0.5, 0.6) is 0 Å². The molecule has 0 fully saturated rings.